The van der Waals surface area contributed by atoms with E-state index in [0.29, 0.717) is 6.61 Å². The van der Waals surface area contributed by atoms with E-state index in [0.717, 1.165) is 7.11 Å². The van der Waals surface area contributed by atoms with E-state index in [1.165, 1.54) is 5.56 Å². The van der Waals surface area contributed by atoms with Crippen LogP contribution in [0.1, 0.15) is 5.56 Å². The van der Waals surface area contributed by atoms with Crippen LogP contribution in [0.2, 0.25) is 0 Å². The van der Waals surface area contributed by atoms with Crippen LogP contribution >= 0.6 is 0 Å². The van der Waals surface area contributed by atoms with Gasteiger partial charge in [-0.2, -0.15) is 0 Å². The molecule has 62 valence electrons. The van der Waals surface area contributed by atoms with E-state index >= 15 is 0 Å². The highest BCUT2D eigenvalue weighted by Gasteiger charge is 1.84. The average Bonchev–Trinajstić information content (AvgIpc) is 2.11. The van der Waals surface area contributed by atoms with Crippen LogP contribution in [0, 0.1) is 0 Å². The quantitative estimate of drug-likeness (QED) is 0.698. The number of benzene rings is 1. The van der Waals surface area contributed by atoms with Gasteiger partial charge in [0.25, 0.3) is 0 Å². The third-order valence-electron chi connectivity index (χ3n) is 1.15. The molecule has 1 aromatic carbocycles. The third-order valence-corrected chi connectivity index (χ3v) is 1.15. The van der Waals surface area contributed by atoms with E-state index < -0.39 is 0 Å². The van der Waals surface area contributed by atoms with Crippen LogP contribution in [-0.4, -0.2) is 19.3 Å². The minimum Gasteiger partial charge on any atom is -0.400 e. The summed E-state index contributed by atoms with van der Waals surface area (Å²) in [5.74, 6) is 0. The number of hydrogen-bond acceptors (Lipinski definition) is 2. The summed E-state index contributed by atoms with van der Waals surface area (Å²) in [7, 11) is 2.70. The summed E-state index contributed by atoms with van der Waals surface area (Å²) in [5.41, 5.74) is 1.22. The molecule has 2 nitrogen and oxygen atoms in total. The van der Waals surface area contributed by atoms with Crippen molar-refractivity contribution in [3.63, 3.8) is 0 Å². The van der Waals surface area contributed by atoms with Gasteiger partial charge in [0.2, 0.25) is 0 Å². The van der Waals surface area contributed by atoms with Gasteiger partial charge in [0, 0.05) is 14.2 Å². The number of aliphatic hydroxyl groups excluding tert-OH is 1. The van der Waals surface area contributed by atoms with Gasteiger partial charge in [-0.15, -0.1) is 0 Å². The molecule has 0 aromatic heterocycles. The predicted octanol–water partition coefficient (Wildman–Crippen LogP) is 1.44. The summed E-state index contributed by atoms with van der Waals surface area (Å²) in [6.07, 6.45) is 0. The Labute approximate surface area is 67.4 Å². The zero-order chi connectivity index (χ0) is 8.53. The molecule has 0 aliphatic heterocycles. The molecule has 0 radical (unpaired) electrons. The molecule has 1 aromatic rings. The van der Waals surface area contributed by atoms with Crippen molar-refractivity contribution in [2.45, 2.75) is 6.61 Å². The first-order valence-corrected chi connectivity index (χ1v) is 3.41. The number of hydrogen-bond donors (Lipinski definition) is 1. The van der Waals surface area contributed by atoms with E-state index in [1.54, 1.807) is 7.11 Å². The van der Waals surface area contributed by atoms with Crippen molar-refractivity contribution in [1.82, 2.24) is 0 Å². The van der Waals surface area contributed by atoms with Crippen LogP contribution in [0.5, 0.6) is 0 Å². The number of aliphatic hydroxyl groups is 1. The Bertz CT molecular complexity index is 160. The van der Waals surface area contributed by atoms with Gasteiger partial charge >= 0.3 is 0 Å². The van der Waals surface area contributed by atoms with Crippen LogP contribution in [-0.2, 0) is 11.3 Å². The fourth-order valence-electron chi connectivity index (χ4n) is 0.741. The van der Waals surface area contributed by atoms with Crippen molar-refractivity contribution in [3.8, 4) is 0 Å². The molecular weight excluding hydrogens is 140 g/mol. The maximum atomic E-state index is 7.00. The SMILES string of the molecule is CO.COCc1ccccc1. The van der Waals surface area contributed by atoms with E-state index in [-0.39, 0.29) is 0 Å². The highest BCUT2D eigenvalue weighted by molar-refractivity contribution is 5.13. The fraction of sp³-hybridized carbons (Fsp3) is 0.333. The lowest BCUT2D eigenvalue weighted by atomic mass is 10.2. The lowest BCUT2D eigenvalue weighted by molar-refractivity contribution is 0.185. The molecule has 0 aliphatic rings. The summed E-state index contributed by atoms with van der Waals surface area (Å²) < 4.78 is 4.93. The highest BCUT2D eigenvalue weighted by Crippen LogP contribution is 1.98. The van der Waals surface area contributed by atoms with Gasteiger partial charge in [-0.1, -0.05) is 30.3 Å². The maximum absolute atomic E-state index is 7.00. The van der Waals surface area contributed by atoms with Crippen LogP contribution in [0.25, 0.3) is 0 Å². The first kappa shape index (κ1) is 10.1. The van der Waals surface area contributed by atoms with E-state index in [1.807, 2.05) is 30.3 Å². The zero-order valence-corrected chi connectivity index (χ0v) is 6.95. The summed E-state index contributed by atoms with van der Waals surface area (Å²) in [6, 6.07) is 10.1. The molecule has 0 bridgehead atoms. The lowest BCUT2D eigenvalue weighted by Crippen LogP contribution is -1.84. The molecule has 1 N–H and O–H groups in total. The monoisotopic (exact) mass is 154 g/mol. The van der Waals surface area contributed by atoms with Gasteiger partial charge in [0.15, 0.2) is 0 Å². The van der Waals surface area contributed by atoms with Gasteiger partial charge in [-0.25, -0.2) is 0 Å². The van der Waals surface area contributed by atoms with Crippen molar-refractivity contribution < 1.29 is 9.84 Å². The molecule has 0 spiro atoms. The van der Waals surface area contributed by atoms with Crippen LogP contribution in [0.15, 0.2) is 30.3 Å². The van der Waals surface area contributed by atoms with Gasteiger partial charge in [-0.05, 0) is 5.56 Å². The summed E-state index contributed by atoms with van der Waals surface area (Å²) in [4.78, 5) is 0. The predicted molar refractivity (Wildman–Crippen MR) is 45.3 cm³/mol. The standard InChI is InChI=1S/C8H10O.CH4O/c1-9-7-8-5-3-2-4-6-8;1-2/h2-6H,7H2,1H3;2H,1H3. The zero-order valence-electron chi connectivity index (χ0n) is 6.95. The minimum absolute atomic E-state index is 0.709. The van der Waals surface area contributed by atoms with Crippen molar-refractivity contribution in [2.75, 3.05) is 14.2 Å². The average molecular weight is 154 g/mol. The number of ether oxygens (including phenoxy) is 1. The molecule has 11 heavy (non-hydrogen) atoms. The van der Waals surface area contributed by atoms with Crippen molar-refractivity contribution in [2.24, 2.45) is 0 Å². The summed E-state index contributed by atoms with van der Waals surface area (Å²) >= 11 is 0. The maximum Gasteiger partial charge on any atom is 0.0713 e. The lowest BCUT2D eigenvalue weighted by Gasteiger charge is -1.95. The van der Waals surface area contributed by atoms with Crippen LogP contribution in [0.4, 0.5) is 0 Å². The van der Waals surface area contributed by atoms with Crippen molar-refractivity contribution in [3.05, 3.63) is 35.9 Å². The molecule has 0 aliphatic carbocycles. The molecule has 0 saturated heterocycles. The number of rotatable bonds is 2. The summed E-state index contributed by atoms with van der Waals surface area (Å²) in [6.45, 7) is 0.709. The van der Waals surface area contributed by atoms with Crippen molar-refractivity contribution in [1.29, 1.82) is 0 Å². The Balaban J connectivity index is 0.000000461. The second kappa shape index (κ2) is 7.25. The molecule has 0 atom stereocenters. The molecule has 0 unspecified atom stereocenters. The number of methoxy groups -OCH3 is 1. The largest absolute Gasteiger partial charge is 0.400 e. The van der Waals surface area contributed by atoms with Crippen LogP contribution in [0.3, 0.4) is 0 Å². The van der Waals surface area contributed by atoms with E-state index in [4.69, 9.17) is 9.84 Å². The normalized spacial score (nSPS) is 8.27. The Hall–Kier alpha value is -0.860. The molecular formula is C9H14O2. The third kappa shape index (κ3) is 4.53. The smallest absolute Gasteiger partial charge is 0.0713 e. The van der Waals surface area contributed by atoms with Gasteiger partial charge in [-0.3, -0.25) is 0 Å². The van der Waals surface area contributed by atoms with Crippen LogP contribution < -0.4 is 0 Å². The van der Waals surface area contributed by atoms with Gasteiger partial charge < -0.3 is 9.84 Å². The second-order valence-corrected chi connectivity index (χ2v) is 1.92. The van der Waals surface area contributed by atoms with Crippen molar-refractivity contribution >= 4 is 0 Å². The Morgan fingerprint density at radius 3 is 2.18 bits per heavy atom. The summed E-state index contributed by atoms with van der Waals surface area (Å²) in [5, 5.41) is 7.00. The second-order valence-electron chi connectivity index (χ2n) is 1.92. The molecule has 1 rings (SSSR count). The topological polar surface area (TPSA) is 29.5 Å². The molecule has 2 heteroatoms. The fourth-order valence-corrected chi connectivity index (χ4v) is 0.741. The Morgan fingerprint density at radius 1 is 1.18 bits per heavy atom. The Morgan fingerprint density at radius 2 is 1.73 bits per heavy atom. The highest BCUT2D eigenvalue weighted by atomic mass is 16.5. The molecule has 0 fully saturated rings. The Kier molecular flexibility index (Phi) is 6.68. The van der Waals surface area contributed by atoms with E-state index in [2.05, 4.69) is 0 Å². The molecule has 0 amide bonds. The first-order valence-electron chi connectivity index (χ1n) is 3.41. The molecule has 0 saturated carbocycles. The molecule has 0 heterocycles. The van der Waals surface area contributed by atoms with Gasteiger partial charge in [0.05, 0.1) is 6.61 Å². The first-order chi connectivity index (χ1) is 5.43. The van der Waals surface area contributed by atoms with Gasteiger partial charge in [0.1, 0.15) is 0 Å². The minimum atomic E-state index is 0.709. The van der Waals surface area contributed by atoms with E-state index in [9.17, 15) is 0 Å².